The number of nitrogens with zero attached hydrogens (tertiary/aromatic N) is 3. The number of aromatic nitrogens is 1. The predicted octanol–water partition coefficient (Wildman–Crippen LogP) is 1.58. The first-order valence-corrected chi connectivity index (χ1v) is 11.7. The van der Waals surface area contributed by atoms with Crippen LogP contribution in [0.1, 0.15) is 17.5 Å². The van der Waals surface area contributed by atoms with Crippen LogP contribution in [0, 0.1) is 11.8 Å². The molecule has 1 heterocycles. The number of aliphatic carboxylic acids is 1. The molecule has 0 saturated heterocycles. The summed E-state index contributed by atoms with van der Waals surface area (Å²) in [6, 6.07) is 2.40. The van der Waals surface area contributed by atoms with Crippen molar-refractivity contribution in [2.45, 2.75) is 24.5 Å². The van der Waals surface area contributed by atoms with Gasteiger partial charge in [0.1, 0.15) is 17.6 Å². The van der Waals surface area contributed by atoms with Gasteiger partial charge in [-0.15, -0.1) is 0 Å². The topological polar surface area (TPSA) is 165 Å². The van der Waals surface area contributed by atoms with Crippen LogP contribution in [0.5, 0.6) is 0 Å². The Kier molecular flexibility index (Phi) is 5.54. The molecule has 4 atom stereocenters. The second-order valence-corrected chi connectivity index (χ2v) is 10.1. The van der Waals surface area contributed by atoms with Gasteiger partial charge in [0.25, 0.3) is 0 Å². The SMILES string of the molecule is CN(C)c1ccc(-c2ncco2)c2c1C[C@H]1C[C@H]3[C@H](N(C)C)C(=O)C(C(=O)O)=C(O)[C@@]3(O)C(=O)C1=C2O. The molecule has 11 nitrogen and oxygen atoms in total. The Balaban J connectivity index is 1.78. The van der Waals surface area contributed by atoms with Crippen molar-refractivity contribution in [2.75, 3.05) is 33.1 Å². The average molecular weight is 510 g/mol. The molecule has 2 aromatic rings. The number of hydrogen-bond donors (Lipinski definition) is 4. The van der Waals surface area contributed by atoms with Crippen molar-refractivity contribution in [3.63, 3.8) is 0 Å². The zero-order valence-corrected chi connectivity index (χ0v) is 20.7. The van der Waals surface area contributed by atoms with Gasteiger partial charge in [-0.3, -0.25) is 14.5 Å². The number of Topliss-reactive ketones (excluding diaryl/α,β-unsaturated/α-hetero) is 2. The van der Waals surface area contributed by atoms with Crippen LogP contribution >= 0.6 is 0 Å². The summed E-state index contributed by atoms with van der Waals surface area (Å²) in [4.78, 5) is 46.5. The molecule has 3 aliphatic carbocycles. The molecule has 1 aromatic carbocycles. The number of anilines is 1. The molecule has 0 spiro atoms. The van der Waals surface area contributed by atoms with Gasteiger partial charge in [0.05, 0.1) is 12.2 Å². The minimum atomic E-state index is -2.70. The monoisotopic (exact) mass is 509 g/mol. The summed E-state index contributed by atoms with van der Waals surface area (Å²) in [7, 11) is 6.78. The van der Waals surface area contributed by atoms with Crippen LogP contribution in [0.3, 0.4) is 0 Å². The van der Waals surface area contributed by atoms with E-state index >= 15 is 0 Å². The second-order valence-electron chi connectivity index (χ2n) is 10.1. The lowest BCUT2D eigenvalue weighted by molar-refractivity contribution is -0.155. The van der Waals surface area contributed by atoms with Crippen LogP contribution < -0.4 is 4.90 Å². The number of carboxylic acid groups (broad SMARTS) is 1. The molecule has 0 aliphatic heterocycles. The summed E-state index contributed by atoms with van der Waals surface area (Å²) >= 11 is 0. The van der Waals surface area contributed by atoms with Crippen LogP contribution in [0.25, 0.3) is 17.2 Å². The average Bonchev–Trinajstić information content (AvgIpc) is 3.35. The summed E-state index contributed by atoms with van der Waals surface area (Å²) in [6.45, 7) is 0. The van der Waals surface area contributed by atoms with Gasteiger partial charge in [-0.05, 0) is 50.6 Å². The first-order valence-electron chi connectivity index (χ1n) is 11.7. The molecule has 0 radical (unpaired) electrons. The first kappa shape index (κ1) is 24.7. The van der Waals surface area contributed by atoms with Gasteiger partial charge in [0.2, 0.25) is 11.7 Å². The largest absolute Gasteiger partial charge is 0.508 e. The third kappa shape index (κ3) is 3.27. The summed E-state index contributed by atoms with van der Waals surface area (Å²) < 4.78 is 5.46. The molecule has 5 rings (SSSR count). The van der Waals surface area contributed by atoms with Crippen molar-refractivity contribution in [1.29, 1.82) is 0 Å². The van der Waals surface area contributed by atoms with Crippen LogP contribution in [0.15, 0.2) is 45.9 Å². The smallest absolute Gasteiger partial charge is 0.342 e. The van der Waals surface area contributed by atoms with Gasteiger partial charge in [-0.25, -0.2) is 9.78 Å². The number of aliphatic hydroxyl groups excluding tert-OH is 2. The Morgan fingerprint density at radius 1 is 1.16 bits per heavy atom. The van der Waals surface area contributed by atoms with Gasteiger partial charge >= 0.3 is 5.97 Å². The molecule has 4 N–H and O–H groups in total. The lowest BCUT2D eigenvalue weighted by Crippen LogP contribution is -2.65. The van der Waals surface area contributed by atoms with Crippen molar-refractivity contribution < 1.29 is 39.2 Å². The molecule has 0 amide bonds. The third-order valence-electron chi connectivity index (χ3n) is 7.71. The van der Waals surface area contributed by atoms with E-state index in [-0.39, 0.29) is 17.9 Å². The minimum absolute atomic E-state index is 0.0444. The van der Waals surface area contributed by atoms with Crippen molar-refractivity contribution in [2.24, 2.45) is 11.8 Å². The van der Waals surface area contributed by atoms with E-state index in [1.807, 2.05) is 25.1 Å². The molecule has 0 unspecified atom stereocenters. The minimum Gasteiger partial charge on any atom is -0.508 e. The Labute approximate surface area is 211 Å². The van der Waals surface area contributed by atoms with Crippen LogP contribution in [-0.4, -0.2) is 87.7 Å². The number of aliphatic hydroxyl groups is 3. The maximum Gasteiger partial charge on any atom is 0.342 e. The summed E-state index contributed by atoms with van der Waals surface area (Å²) in [5, 5.41) is 43.8. The number of carbonyl (C=O) groups excluding carboxylic acids is 2. The van der Waals surface area contributed by atoms with Crippen molar-refractivity contribution in [3.05, 3.63) is 52.6 Å². The van der Waals surface area contributed by atoms with Crippen molar-refractivity contribution in [1.82, 2.24) is 9.88 Å². The Morgan fingerprint density at radius 3 is 2.43 bits per heavy atom. The molecule has 11 heteroatoms. The summed E-state index contributed by atoms with van der Waals surface area (Å²) in [5.41, 5.74) is -1.58. The molecule has 1 saturated carbocycles. The highest BCUT2D eigenvalue weighted by molar-refractivity contribution is 6.23. The van der Waals surface area contributed by atoms with E-state index < -0.39 is 58.1 Å². The zero-order chi connectivity index (χ0) is 27.0. The summed E-state index contributed by atoms with van der Waals surface area (Å²) in [5.74, 6) is -6.76. The van der Waals surface area contributed by atoms with Crippen LogP contribution in [0.4, 0.5) is 5.69 Å². The number of carbonyl (C=O) groups is 3. The number of ketones is 2. The second kappa shape index (κ2) is 8.29. The molecular weight excluding hydrogens is 482 g/mol. The van der Waals surface area contributed by atoms with E-state index in [2.05, 4.69) is 4.98 Å². The van der Waals surface area contributed by atoms with E-state index in [0.29, 0.717) is 17.5 Å². The van der Waals surface area contributed by atoms with Gasteiger partial charge in [0, 0.05) is 42.4 Å². The lowest BCUT2D eigenvalue weighted by atomic mass is 9.57. The fraction of sp³-hybridized carbons (Fsp3) is 0.385. The Bertz CT molecular complexity index is 1410. The van der Waals surface area contributed by atoms with Gasteiger partial charge < -0.3 is 29.7 Å². The molecule has 1 aromatic heterocycles. The Hall–Kier alpha value is -3.96. The van der Waals surface area contributed by atoms with Crippen molar-refractivity contribution in [3.8, 4) is 11.5 Å². The van der Waals surface area contributed by atoms with Crippen molar-refractivity contribution >= 4 is 29.0 Å². The van der Waals surface area contributed by atoms with Crippen LogP contribution in [-0.2, 0) is 20.8 Å². The maximum atomic E-state index is 14.0. The predicted molar refractivity (Wildman–Crippen MR) is 131 cm³/mol. The highest BCUT2D eigenvalue weighted by atomic mass is 16.4. The lowest BCUT2D eigenvalue weighted by Gasteiger charge is -2.50. The number of benzene rings is 1. The summed E-state index contributed by atoms with van der Waals surface area (Å²) in [6.07, 6.45) is 3.17. The first-order chi connectivity index (χ1) is 17.4. The highest BCUT2D eigenvalue weighted by Gasteiger charge is 2.64. The molecule has 3 aliphatic rings. The van der Waals surface area contributed by atoms with Gasteiger partial charge in [-0.1, -0.05) is 0 Å². The molecule has 37 heavy (non-hydrogen) atoms. The van der Waals surface area contributed by atoms with E-state index in [1.165, 1.54) is 17.4 Å². The van der Waals surface area contributed by atoms with E-state index in [4.69, 9.17) is 4.42 Å². The molecule has 1 fully saturated rings. The fourth-order valence-corrected chi connectivity index (χ4v) is 6.17. The highest BCUT2D eigenvalue weighted by Crippen LogP contribution is 2.53. The van der Waals surface area contributed by atoms with E-state index in [1.54, 1.807) is 20.2 Å². The van der Waals surface area contributed by atoms with E-state index in [0.717, 1.165) is 11.3 Å². The molecule has 0 bridgehead atoms. The zero-order valence-electron chi connectivity index (χ0n) is 20.7. The number of fused-ring (bicyclic) bond motifs is 3. The molecular formula is C26H27N3O8. The van der Waals surface area contributed by atoms with E-state index in [9.17, 15) is 34.8 Å². The molecule has 194 valence electrons. The number of oxazole rings is 1. The fourth-order valence-electron chi connectivity index (χ4n) is 6.17. The standard InChI is InChI=1S/C26H27N3O8/c1-28(2)15-6-5-12(24-27-7-8-37-24)17-13(15)9-11-10-14-19(29(3)4)21(31)18(25(34)35)23(33)26(14,36)22(32)16(11)20(17)30/h5-8,11,14,19,30,33,36H,9-10H2,1-4H3,(H,34,35)/t11-,14-,19-,26-/m0/s1. The van der Waals surface area contributed by atoms with Gasteiger partial charge in [0.15, 0.2) is 17.1 Å². The van der Waals surface area contributed by atoms with Crippen LogP contribution in [0.2, 0.25) is 0 Å². The third-order valence-corrected chi connectivity index (χ3v) is 7.71. The Morgan fingerprint density at radius 2 is 1.86 bits per heavy atom. The number of hydrogen-bond acceptors (Lipinski definition) is 10. The van der Waals surface area contributed by atoms with Gasteiger partial charge in [-0.2, -0.15) is 0 Å². The maximum absolute atomic E-state index is 14.0. The normalized spacial score (nSPS) is 27.2. The quantitative estimate of drug-likeness (QED) is 0.442. The number of rotatable bonds is 4. The number of likely N-dealkylation sites (N-methyl/N-ethyl adjacent to an activating group) is 1. The number of carboxylic acids is 1.